The molecule has 3 rings (SSSR count). The highest BCUT2D eigenvalue weighted by Crippen LogP contribution is 2.34. The molecular formula is C15H12IN3O2S. The van der Waals surface area contributed by atoms with Gasteiger partial charge in [-0.3, -0.25) is 0 Å². The Labute approximate surface area is 144 Å². The van der Waals surface area contributed by atoms with Gasteiger partial charge in [0.1, 0.15) is 21.9 Å². The van der Waals surface area contributed by atoms with Gasteiger partial charge in [0, 0.05) is 9.26 Å². The van der Waals surface area contributed by atoms with Crippen molar-refractivity contribution in [3.8, 4) is 0 Å². The lowest BCUT2D eigenvalue weighted by Gasteiger charge is -2.07. The Hall–Kier alpha value is -1.74. The van der Waals surface area contributed by atoms with Gasteiger partial charge in [-0.25, -0.2) is 14.8 Å². The predicted octanol–water partition coefficient (Wildman–Crippen LogP) is 4.13. The molecule has 3 aromatic rings. The van der Waals surface area contributed by atoms with E-state index in [4.69, 9.17) is 4.74 Å². The van der Waals surface area contributed by atoms with Crippen LogP contribution in [0.25, 0.3) is 10.2 Å². The van der Waals surface area contributed by atoms with Gasteiger partial charge in [0.2, 0.25) is 0 Å². The van der Waals surface area contributed by atoms with Gasteiger partial charge in [0.25, 0.3) is 0 Å². The number of hydrogen-bond acceptors (Lipinski definition) is 6. The summed E-state index contributed by atoms with van der Waals surface area (Å²) in [5, 5.41) is 4.14. The van der Waals surface area contributed by atoms with Crippen LogP contribution in [-0.4, -0.2) is 23.0 Å². The molecule has 0 aliphatic carbocycles. The average molecular weight is 425 g/mol. The highest BCUT2D eigenvalue weighted by molar-refractivity contribution is 14.1. The van der Waals surface area contributed by atoms with Gasteiger partial charge in [0.05, 0.1) is 12.5 Å². The van der Waals surface area contributed by atoms with Crippen molar-refractivity contribution in [2.75, 3.05) is 12.4 Å². The monoisotopic (exact) mass is 425 g/mol. The second-order valence-electron chi connectivity index (χ2n) is 4.58. The zero-order valence-electron chi connectivity index (χ0n) is 11.9. The number of rotatable bonds is 3. The lowest BCUT2D eigenvalue weighted by molar-refractivity contribution is 0.0605. The predicted molar refractivity (Wildman–Crippen MR) is 95.9 cm³/mol. The van der Waals surface area contributed by atoms with Crippen LogP contribution in [0.1, 0.15) is 15.2 Å². The van der Waals surface area contributed by atoms with E-state index in [0.29, 0.717) is 10.7 Å². The van der Waals surface area contributed by atoms with Crippen molar-refractivity contribution in [1.29, 1.82) is 0 Å². The number of carbonyl (C=O) groups excluding carboxylic acids is 1. The summed E-state index contributed by atoms with van der Waals surface area (Å²) in [7, 11) is 1.38. The highest BCUT2D eigenvalue weighted by Gasteiger charge is 2.19. The van der Waals surface area contributed by atoms with Crippen molar-refractivity contribution in [3.05, 3.63) is 44.6 Å². The van der Waals surface area contributed by atoms with Crippen molar-refractivity contribution in [3.63, 3.8) is 0 Å². The van der Waals surface area contributed by atoms with E-state index in [1.165, 1.54) is 24.8 Å². The Balaban J connectivity index is 2.08. The summed E-state index contributed by atoms with van der Waals surface area (Å²) in [4.78, 5) is 21.7. The van der Waals surface area contributed by atoms with Crippen LogP contribution in [0.15, 0.2) is 30.6 Å². The zero-order valence-corrected chi connectivity index (χ0v) is 14.9. The fourth-order valence-corrected chi connectivity index (χ4v) is 3.55. The number of aryl methyl sites for hydroxylation is 1. The highest BCUT2D eigenvalue weighted by atomic mass is 127. The van der Waals surface area contributed by atoms with Crippen molar-refractivity contribution >= 4 is 61.6 Å². The maximum Gasteiger partial charge on any atom is 0.348 e. The Bertz CT molecular complexity index is 846. The number of thiophene rings is 1. The molecule has 0 fully saturated rings. The second-order valence-corrected chi connectivity index (χ2v) is 6.83. The lowest BCUT2D eigenvalue weighted by Crippen LogP contribution is -2.00. The molecule has 0 radical (unpaired) electrons. The van der Waals surface area contributed by atoms with Crippen molar-refractivity contribution in [1.82, 2.24) is 9.97 Å². The van der Waals surface area contributed by atoms with Crippen molar-refractivity contribution in [2.24, 2.45) is 0 Å². The number of hydrogen-bond donors (Lipinski definition) is 1. The number of nitrogens with zero attached hydrogens (tertiary/aromatic N) is 2. The molecule has 0 aliphatic heterocycles. The summed E-state index contributed by atoms with van der Waals surface area (Å²) in [5.74, 6) is 0.343. The fraction of sp³-hybridized carbons (Fsp3) is 0.133. The van der Waals surface area contributed by atoms with Crippen LogP contribution in [0.5, 0.6) is 0 Å². The summed E-state index contributed by atoms with van der Waals surface area (Å²) in [5.41, 5.74) is 1.77. The number of nitrogens with one attached hydrogen (secondary N) is 1. The molecule has 0 spiro atoms. The van der Waals surface area contributed by atoms with Gasteiger partial charge >= 0.3 is 5.97 Å². The van der Waals surface area contributed by atoms with Gasteiger partial charge in [-0.15, -0.1) is 11.3 Å². The molecule has 5 nitrogen and oxygen atoms in total. The Kier molecular flexibility index (Phi) is 4.25. The summed E-state index contributed by atoms with van der Waals surface area (Å²) >= 11 is 3.58. The van der Waals surface area contributed by atoms with Gasteiger partial charge in [0.15, 0.2) is 0 Å². The van der Waals surface area contributed by atoms with Crippen LogP contribution >= 0.6 is 33.9 Å². The van der Waals surface area contributed by atoms with E-state index >= 15 is 0 Å². The van der Waals surface area contributed by atoms with Crippen molar-refractivity contribution in [2.45, 2.75) is 6.92 Å². The zero-order chi connectivity index (χ0) is 15.7. The molecule has 1 N–H and O–H groups in total. The van der Waals surface area contributed by atoms with E-state index in [0.717, 1.165) is 25.0 Å². The number of esters is 1. The molecule has 2 heterocycles. The van der Waals surface area contributed by atoms with Gasteiger partial charge < -0.3 is 10.1 Å². The molecule has 22 heavy (non-hydrogen) atoms. The van der Waals surface area contributed by atoms with Gasteiger partial charge in [-0.2, -0.15) is 0 Å². The molecule has 0 aliphatic rings. The quantitative estimate of drug-likeness (QED) is 0.505. The molecule has 0 amide bonds. The minimum Gasteiger partial charge on any atom is -0.465 e. The third kappa shape index (κ3) is 2.78. The van der Waals surface area contributed by atoms with E-state index in [1.54, 1.807) is 0 Å². The van der Waals surface area contributed by atoms with Crippen LogP contribution < -0.4 is 5.32 Å². The largest absolute Gasteiger partial charge is 0.465 e. The van der Waals surface area contributed by atoms with Gasteiger partial charge in [-0.1, -0.05) is 0 Å². The van der Waals surface area contributed by atoms with Crippen LogP contribution in [-0.2, 0) is 4.74 Å². The molecule has 0 unspecified atom stereocenters. The van der Waals surface area contributed by atoms with E-state index in [1.807, 2.05) is 31.2 Å². The number of carbonyl (C=O) groups is 1. The summed E-state index contributed by atoms with van der Waals surface area (Å²) in [6.45, 7) is 1.88. The Morgan fingerprint density at radius 1 is 1.27 bits per heavy atom. The summed E-state index contributed by atoms with van der Waals surface area (Å²) < 4.78 is 5.98. The number of halogens is 1. The second kappa shape index (κ2) is 6.17. The smallest absolute Gasteiger partial charge is 0.348 e. The first-order valence-electron chi connectivity index (χ1n) is 6.45. The summed E-state index contributed by atoms with van der Waals surface area (Å²) in [6.07, 6.45) is 1.49. The van der Waals surface area contributed by atoms with E-state index in [2.05, 4.69) is 37.9 Å². The molecular weight excluding hydrogens is 413 g/mol. The van der Waals surface area contributed by atoms with E-state index < -0.39 is 0 Å². The number of anilines is 2. The summed E-state index contributed by atoms with van der Waals surface area (Å²) in [6, 6.07) is 8.00. The first kappa shape index (κ1) is 15.2. The van der Waals surface area contributed by atoms with Crippen LogP contribution in [0.4, 0.5) is 11.5 Å². The molecule has 112 valence electrons. The minimum atomic E-state index is -0.347. The topological polar surface area (TPSA) is 64.1 Å². The molecule has 2 aromatic heterocycles. The Morgan fingerprint density at radius 3 is 2.68 bits per heavy atom. The molecule has 1 aromatic carbocycles. The number of methoxy groups -OCH3 is 1. The molecule has 0 saturated carbocycles. The number of aromatic nitrogens is 2. The molecule has 0 bridgehead atoms. The first-order valence-corrected chi connectivity index (χ1v) is 8.34. The van der Waals surface area contributed by atoms with Crippen molar-refractivity contribution < 1.29 is 9.53 Å². The third-order valence-electron chi connectivity index (χ3n) is 3.20. The number of benzene rings is 1. The molecule has 0 atom stereocenters. The maximum absolute atomic E-state index is 11.8. The Morgan fingerprint density at radius 2 is 2.00 bits per heavy atom. The SMILES string of the molecule is COC(=O)c1sc2ncnc(Nc3ccc(I)cc3)c2c1C. The van der Waals surface area contributed by atoms with Crippen LogP contribution in [0.2, 0.25) is 0 Å². The standard InChI is InChI=1S/C15H12IN3O2S/c1-8-11-13(19-10-5-3-9(16)4-6-10)17-7-18-14(11)22-12(8)15(20)21-2/h3-7H,1-2H3,(H,17,18,19). The third-order valence-corrected chi connectivity index (χ3v) is 5.10. The van der Waals surface area contributed by atoms with E-state index in [9.17, 15) is 4.79 Å². The number of fused-ring (bicyclic) bond motifs is 1. The fourth-order valence-electron chi connectivity index (χ4n) is 2.12. The van der Waals surface area contributed by atoms with Crippen LogP contribution in [0.3, 0.4) is 0 Å². The van der Waals surface area contributed by atoms with E-state index in [-0.39, 0.29) is 5.97 Å². The maximum atomic E-state index is 11.8. The minimum absolute atomic E-state index is 0.347. The lowest BCUT2D eigenvalue weighted by atomic mass is 10.2. The first-order chi connectivity index (χ1) is 10.6. The molecule has 0 saturated heterocycles. The number of ether oxygens (including phenoxy) is 1. The average Bonchev–Trinajstić information content (AvgIpc) is 2.87. The molecule has 7 heteroatoms. The van der Waals surface area contributed by atoms with Gasteiger partial charge in [-0.05, 0) is 59.3 Å². The normalized spacial score (nSPS) is 10.7. The van der Waals surface area contributed by atoms with Crippen LogP contribution in [0, 0.1) is 10.5 Å².